The highest BCUT2D eigenvalue weighted by atomic mass is 16.4. The quantitative estimate of drug-likeness (QED) is 0.733. The molecule has 0 bridgehead atoms. The fourth-order valence-corrected chi connectivity index (χ4v) is 4.35. The molecule has 1 unspecified atom stereocenters. The molecule has 5 nitrogen and oxygen atoms in total. The van der Waals surface area contributed by atoms with Crippen molar-refractivity contribution in [2.24, 2.45) is 5.92 Å². The molecule has 5 heteroatoms. The van der Waals surface area contributed by atoms with Crippen molar-refractivity contribution in [1.29, 1.82) is 0 Å². The molecule has 1 saturated heterocycles. The molecule has 1 aliphatic carbocycles. The van der Waals surface area contributed by atoms with Crippen LogP contribution in [0.15, 0.2) is 30.3 Å². The lowest BCUT2D eigenvalue weighted by molar-refractivity contribution is -0.142. The largest absolute Gasteiger partial charge is 0.481 e. The van der Waals surface area contributed by atoms with Crippen molar-refractivity contribution in [2.45, 2.75) is 44.2 Å². The number of nitrogens with zero attached hydrogens (tertiary/aromatic N) is 2. The molecule has 1 aliphatic heterocycles. The molecule has 0 amide bonds. The Labute approximate surface area is 157 Å². The van der Waals surface area contributed by atoms with Gasteiger partial charge in [0, 0.05) is 38.3 Å². The van der Waals surface area contributed by atoms with E-state index in [0.29, 0.717) is 12.1 Å². The van der Waals surface area contributed by atoms with Gasteiger partial charge < -0.3 is 15.3 Å². The standard InChI is InChI=1S/C21H33N3O2/c1-23-14-15-24(20(16-23)17-6-3-2-4-7-17)13-5-12-22-19-10-8-18(9-11-19)21(25)26/h2-4,6-7,18-20,22H,5,8-16H2,1H3,(H,25,26). The second-order valence-electron chi connectivity index (χ2n) is 7.92. The zero-order valence-corrected chi connectivity index (χ0v) is 15.9. The Kier molecular flexibility index (Phi) is 7.06. The fraction of sp³-hybridized carbons (Fsp3) is 0.667. The average molecular weight is 360 g/mol. The topological polar surface area (TPSA) is 55.8 Å². The summed E-state index contributed by atoms with van der Waals surface area (Å²) < 4.78 is 0. The van der Waals surface area contributed by atoms with Crippen LogP contribution < -0.4 is 5.32 Å². The van der Waals surface area contributed by atoms with Crippen molar-refractivity contribution >= 4 is 5.97 Å². The third-order valence-electron chi connectivity index (χ3n) is 6.01. The van der Waals surface area contributed by atoms with E-state index in [0.717, 1.165) is 64.8 Å². The Morgan fingerprint density at radius 2 is 1.88 bits per heavy atom. The molecule has 1 aromatic rings. The van der Waals surface area contributed by atoms with Crippen LogP contribution in [0.2, 0.25) is 0 Å². The summed E-state index contributed by atoms with van der Waals surface area (Å²) in [5, 5.41) is 12.7. The maximum atomic E-state index is 11.0. The van der Waals surface area contributed by atoms with Gasteiger partial charge in [0.1, 0.15) is 0 Å². The Hall–Kier alpha value is -1.43. The minimum atomic E-state index is -0.620. The van der Waals surface area contributed by atoms with Crippen molar-refractivity contribution in [2.75, 3.05) is 39.8 Å². The summed E-state index contributed by atoms with van der Waals surface area (Å²) >= 11 is 0. The number of likely N-dealkylation sites (N-methyl/N-ethyl adjacent to an activating group) is 1. The van der Waals surface area contributed by atoms with Crippen molar-refractivity contribution in [3.8, 4) is 0 Å². The first-order valence-corrected chi connectivity index (χ1v) is 10.1. The van der Waals surface area contributed by atoms with Gasteiger partial charge in [0.05, 0.1) is 5.92 Å². The fourth-order valence-electron chi connectivity index (χ4n) is 4.35. The van der Waals surface area contributed by atoms with Crippen molar-refractivity contribution in [1.82, 2.24) is 15.1 Å². The first-order chi connectivity index (χ1) is 12.6. The maximum absolute atomic E-state index is 11.0. The van der Waals surface area contributed by atoms with Gasteiger partial charge >= 0.3 is 5.97 Å². The van der Waals surface area contributed by atoms with Gasteiger partial charge in [-0.15, -0.1) is 0 Å². The molecule has 3 rings (SSSR count). The highest BCUT2D eigenvalue weighted by molar-refractivity contribution is 5.70. The highest BCUT2D eigenvalue weighted by Gasteiger charge is 2.27. The summed E-state index contributed by atoms with van der Waals surface area (Å²) in [5.41, 5.74) is 1.42. The van der Waals surface area contributed by atoms with Crippen LogP contribution in [0.25, 0.3) is 0 Å². The van der Waals surface area contributed by atoms with Gasteiger partial charge in [-0.3, -0.25) is 9.69 Å². The number of hydrogen-bond donors (Lipinski definition) is 2. The molecule has 1 aromatic carbocycles. The van der Waals surface area contributed by atoms with Crippen LogP contribution in [-0.4, -0.2) is 66.7 Å². The molecule has 144 valence electrons. The molecule has 1 saturated carbocycles. The molecule has 0 radical (unpaired) electrons. The molecule has 26 heavy (non-hydrogen) atoms. The van der Waals surface area contributed by atoms with Crippen LogP contribution in [-0.2, 0) is 4.79 Å². The Morgan fingerprint density at radius 3 is 2.58 bits per heavy atom. The highest BCUT2D eigenvalue weighted by Crippen LogP contribution is 2.26. The summed E-state index contributed by atoms with van der Waals surface area (Å²) in [6, 6.07) is 11.8. The summed E-state index contributed by atoms with van der Waals surface area (Å²) in [6.45, 7) is 5.49. The smallest absolute Gasteiger partial charge is 0.306 e. The van der Waals surface area contributed by atoms with E-state index < -0.39 is 5.97 Å². The zero-order valence-electron chi connectivity index (χ0n) is 15.9. The number of rotatable bonds is 7. The third-order valence-corrected chi connectivity index (χ3v) is 6.01. The summed E-state index contributed by atoms with van der Waals surface area (Å²) in [7, 11) is 2.21. The SMILES string of the molecule is CN1CCN(CCCNC2CCC(C(=O)O)CC2)C(c2ccccc2)C1. The second-order valence-corrected chi connectivity index (χ2v) is 7.92. The van der Waals surface area contributed by atoms with E-state index in [-0.39, 0.29) is 5.92 Å². The molecule has 0 aromatic heterocycles. The summed E-state index contributed by atoms with van der Waals surface area (Å²) in [6.07, 6.45) is 4.78. The summed E-state index contributed by atoms with van der Waals surface area (Å²) in [5.74, 6) is -0.740. The number of benzene rings is 1. The van der Waals surface area contributed by atoms with Crippen LogP contribution in [0.1, 0.15) is 43.7 Å². The molecule has 0 spiro atoms. The van der Waals surface area contributed by atoms with Crippen LogP contribution in [0.3, 0.4) is 0 Å². The molecule has 2 fully saturated rings. The van der Waals surface area contributed by atoms with Crippen molar-refractivity contribution < 1.29 is 9.90 Å². The molecule has 1 atom stereocenters. The van der Waals surface area contributed by atoms with Crippen LogP contribution in [0.4, 0.5) is 0 Å². The normalized spacial score (nSPS) is 28.1. The summed E-state index contributed by atoms with van der Waals surface area (Å²) in [4.78, 5) is 16.1. The minimum Gasteiger partial charge on any atom is -0.481 e. The molecule has 2 aliphatic rings. The maximum Gasteiger partial charge on any atom is 0.306 e. The van der Waals surface area contributed by atoms with Crippen molar-refractivity contribution in [3.05, 3.63) is 35.9 Å². The lowest BCUT2D eigenvalue weighted by Gasteiger charge is -2.40. The number of piperazine rings is 1. The first-order valence-electron chi connectivity index (χ1n) is 10.1. The molecular formula is C21H33N3O2. The second kappa shape index (κ2) is 9.49. The number of carbonyl (C=O) groups is 1. The van der Waals surface area contributed by atoms with E-state index >= 15 is 0 Å². The third kappa shape index (κ3) is 5.29. The van der Waals surface area contributed by atoms with E-state index in [4.69, 9.17) is 5.11 Å². The number of nitrogens with one attached hydrogen (secondary N) is 1. The van der Waals surface area contributed by atoms with Gasteiger partial charge in [-0.05, 0) is 51.3 Å². The lowest BCUT2D eigenvalue weighted by atomic mass is 9.86. The average Bonchev–Trinajstić information content (AvgIpc) is 2.67. The van der Waals surface area contributed by atoms with E-state index in [1.54, 1.807) is 0 Å². The predicted octanol–water partition coefficient (Wildman–Crippen LogP) is 2.60. The number of hydrogen-bond acceptors (Lipinski definition) is 4. The van der Waals surface area contributed by atoms with Gasteiger partial charge in [-0.2, -0.15) is 0 Å². The Bertz CT molecular complexity index is 558. The number of carboxylic acids is 1. The lowest BCUT2D eigenvalue weighted by Crippen LogP contribution is -2.47. The van der Waals surface area contributed by atoms with Gasteiger partial charge in [0.15, 0.2) is 0 Å². The van der Waals surface area contributed by atoms with Gasteiger partial charge in [-0.1, -0.05) is 30.3 Å². The van der Waals surface area contributed by atoms with Gasteiger partial charge in [0.2, 0.25) is 0 Å². The van der Waals surface area contributed by atoms with E-state index in [9.17, 15) is 4.79 Å². The first kappa shape index (κ1) is 19.3. The predicted molar refractivity (Wildman–Crippen MR) is 104 cm³/mol. The Morgan fingerprint density at radius 1 is 1.15 bits per heavy atom. The zero-order chi connectivity index (χ0) is 18.4. The molecule has 2 N–H and O–H groups in total. The molecule has 1 heterocycles. The van der Waals surface area contributed by atoms with E-state index in [2.05, 4.69) is 52.5 Å². The molecular weight excluding hydrogens is 326 g/mol. The number of aliphatic carboxylic acids is 1. The Balaban J connectivity index is 1.41. The van der Waals surface area contributed by atoms with Crippen LogP contribution in [0.5, 0.6) is 0 Å². The van der Waals surface area contributed by atoms with Gasteiger partial charge in [-0.25, -0.2) is 0 Å². The minimum absolute atomic E-state index is 0.120. The van der Waals surface area contributed by atoms with Crippen molar-refractivity contribution in [3.63, 3.8) is 0 Å². The van der Waals surface area contributed by atoms with E-state index in [1.807, 2.05) is 0 Å². The van der Waals surface area contributed by atoms with E-state index in [1.165, 1.54) is 5.56 Å². The van der Waals surface area contributed by atoms with Gasteiger partial charge in [0.25, 0.3) is 0 Å². The van der Waals surface area contributed by atoms with Crippen LogP contribution >= 0.6 is 0 Å². The number of carboxylic acid groups (broad SMARTS) is 1. The monoisotopic (exact) mass is 359 g/mol. The van der Waals surface area contributed by atoms with Crippen LogP contribution in [0, 0.1) is 5.92 Å².